The maximum atomic E-state index is 8.59. The SMILES string of the molecule is COCC(N)c1cccc(C#N)n1. The first-order valence-corrected chi connectivity index (χ1v) is 3.89. The number of aromatic nitrogens is 1. The summed E-state index contributed by atoms with van der Waals surface area (Å²) in [7, 11) is 1.58. The molecule has 0 fully saturated rings. The van der Waals surface area contributed by atoms with Crippen molar-refractivity contribution in [3.63, 3.8) is 0 Å². The first-order valence-electron chi connectivity index (χ1n) is 3.89. The highest BCUT2D eigenvalue weighted by molar-refractivity contribution is 5.23. The van der Waals surface area contributed by atoms with E-state index < -0.39 is 0 Å². The van der Waals surface area contributed by atoms with Crippen LogP contribution in [0.2, 0.25) is 0 Å². The molecule has 1 aromatic rings. The molecule has 13 heavy (non-hydrogen) atoms. The van der Waals surface area contributed by atoms with E-state index in [1.807, 2.05) is 6.07 Å². The van der Waals surface area contributed by atoms with Crippen LogP contribution in [0.1, 0.15) is 17.4 Å². The second-order valence-corrected chi connectivity index (χ2v) is 2.62. The van der Waals surface area contributed by atoms with Crippen LogP contribution in [0.5, 0.6) is 0 Å². The number of nitrogens with two attached hydrogens (primary N) is 1. The topological polar surface area (TPSA) is 71.9 Å². The van der Waals surface area contributed by atoms with Crippen LogP contribution in [0.3, 0.4) is 0 Å². The summed E-state index contributed by atoms with van der Waals surface area (Å²) in [5.41, 5.74) is 6.79. The van der Waals surface area contributed by atoms with Gasteiger partial charge in [-0.3, -0.25) is 0 Å². The van der Waals surface area contributed by atoms with Gasteiger partial charge in [-0.15, -0.1) is 0 Å². The van der Waals surface area contributed by atoms with Gasteiger partial charge in [-0.1, -0.05) is 6.07 Å². The average Bonchev–Trinajstić information content (AvgIpc) is 2.18. The van der Waals surface area contributed by atoms with Gasteiger partial charge in [-0.05, 0) is 12.1 Å². The van der Waals surface area contributed by atoms with Crippen molar-refractivity contribution >= 4 is 0 Å². The van der Waals surface area contributed by atoms with Gasteiger partial charge in [-0.25, -0.2) is 4.98 Å². The van der Waals surface area contributed by atoms with E-state index in [0.29, 0.717) is 18.0 Å². The lowest BCUT2D eigenvalue weighted by atomic mass is 10.2. The van der Waals surface area contributed by atoms with E-state index in [9.17, 15) is 0 Å². The third-order valence-electron chi connectivity index (χ3n) is 1.61. The van der Waals surface area contributed by atoms with Gasteiger partial charge in [0.1, 0.15) is 11.8 Å². The summed E-state index contributed by atoms with van der Waals surface area (Å²) in [6.07, 6.45) is 0. The summed E-state index contributed by atoms with van der Waals surface area (Å²) >= 11 is 0. The zero-order chi connectivity index (χ0) is 9.68. The molecular weight excluding hydrogens is 166 g/mol. The number of ether oxygens (including phenoxy) is 1. The molecule has 0 saturated carbocycles. The highest BCUT2D eigenvalue weighted by Gasteiger charge is 2.06. The van der Waals surface area contributed by atoms with Crippen LogP contribution < -0.4 is 5.73 Å². The lowest BCUT2D eigenvalue weighted by Gasteiger charge is -2.08. The molecule has 1 unspecified atom stereocenters. The zero-order valence-electron chi connectivity index (χ0n) is 7.40. The largest absolute Gasteiger partial charge is 0.383 e. The molecule has 0 aliphatic rings. The van der Waals surface area contributed by atoms with E-state index in [1.54, 1.807) is 25.3 Å². The third-order valence-corrected chi connectivity index (χ3v) is 1.61. The fraction of sp³-hybridized carbons (Fsp3) is 0.333. The minimum absolute atomic E-state index is 0.265. The maximum absolute atomic E-state index is 8.59. The van der Waals surface area contributed by atoms with Crippen molar-refractivity contribution in [2.24, 2.45) is 5.73 Å². The quantitative estimate of drug-likeness (QED) is 0.733. The highest BCUT2D eigenvalue weighted by Crippen LogP contribution is 2.07. The molecule has 0 aliphatic carbocycles. The first-order chi connectivity index (χ1) is 6.27. The van der Waals surface area contributed by atoms with Crippen LogP contribution in [0.15, 0.2) is 18.2 Å². The molecule has 4 nitrogen and oxygen atoms in total. The molecule has 1 heterocycles. The standard InChI is InChI=1S/C9H11N3O/c1-13-6-8(11)9-4-2-3-7(5-10)12-9/h2-4,8H,6,11H2,1H3. The van der Waals surface area contributed by atoms with Crippen LogP contribution in [-0.2, 0) is 4.74 Å². The van der Waals surface area contributed by atoms with E-state index in [2.05, 4.69) is 4.98 Å². The Kier molecular flexibility index (Phi) is 3.38. The lowest BCUT2D eigenvalue weighted by Crippen LogP contribution is -2.17. The van der Waals surface area contributed by atoms with Gasteiger partial charge in [0.2, 0.25) is 0 Å². The Balaban J connectivity index is 2.83. The third kappa shape index (κ3) is 2.51. The number of hydrogen-bond acceptors (Lipinski definition) is 4. The average molecular weight is 177 g/mol. The van der Waals surface area contributed by atoms with Crippen LogP contribution in [0.4, 0.5) is 0 Å². The number of pyridine rings is 1. The summed E-state index contributed by atoms with van der Waals surface area (Å²) in [6, 6.07) is 6.88. The molecule has 0 bridgehead atoms. The second kappa shape index (κ2) is 4.55. The fourth-order valence-electron chi connectivity index (χ4n) is 0.985. The zero-order valence-corrected chi connectivity index (χ0v) is 7.40. The summed E-state index contributed by atoms with van der Waals surface area (Å²) < 4.78 is 4.88. The Hall–Kier alpha value is -1.44. The van der Waals surface area contributed by atoms with Crippen LogP contribution >= 0.6 is 0 Å². The minimum Gasteiger partial charge on any atom is -0.383 e. The number of hydrogen-bond donors (Lipinski definition) is 1. The van der Waals surface area contributed by atoms with Crippen LogP contribution in [0, 0.1) is 11.3 Å². The van der Waals surface area contributed by atoms with E-state index in [1.165, 1.54) is 0 Å². The van der Waals surface area contributed by atoms with Crippen LogP contribution in [0.25, 0.3) is 0 Å². The van der Waals surface area contributed by atoms with Gasteiger partial charge >= 0.3 is 0 Å². The van der Waals surface area contributed by atoms with Crippen molar-refractivity contribution in [1.82, 2.24) is 4.98 Å². The van der Waals surface area contributed by atoms with E-state index >= 15 is 0 Å². The Labute approximate surface area is 77.0 Å². The van der Waals surface area contributed by atoms with Crippen molar-refractivity contribution in [2.45, 2.75) is 6.04 Å². The molecule has 0 radical (unpaired) electrons. The molecule has 68 valence electrons. The van der Waals surface area contributed by atoms with Crippen LogP contribution in [-0.4, -0.2) is 18.7 Å². The molecule has 0 saturated heterocycles. The van der Waals surface area contributed by atoms with Gasteiger partial charge in [0.05, 0.1) is 18.3 Å². The van der Waals surface area contributed by atoms with Gasteiger partial charge in [0.15, 0.2) is 0 Å². The molecule has 0 spiro atoms. The van der Waals surface area contributed by atoms with Crippen molar-refractivity contribution in [2.75, 3.05) is 13.7 Å². The summed E-state index contributed by atoms with van der Waals surface area (Å²) in [4.78, 5) is 4.04. The smallest absolute Gasteiger partial charge is 0.140 e. The Morgan fingerprint density at radius 2 is 2.46 bits per heavy atom. The Bertz CT molecular complexity index is 319. The maximum Gasteiger partial charge on any atom is 0.140 e. The van der Waals surface area contributed by atoms with Crippen molar-refractivity contribution in [3.05, 3.63) is 29.6 Å². The number of nitrogens with zero attached hydrogens (tertiary/aromatic N) is 2. The molecule has 0 amide bonds. The monoisotopic (exact) mass is 177 g/mol. The molecule has 2 N–H and O–H groups in total. The van der Waals surface area contributed by atoms with E-state index in [0.717, 1.165) is 0 Å². The lowest BCUT2D eigenvalue weighted by molar-refractivity contribution is 0.179. The van der Waals surface area contributed by atoms with Gasteiger partial charge < -0.3 is 10.5 Å². The van der Waals surface area contributed by atoms with Gasteiger partial charge in [0.25, 0.3) is 0 Å². The normalized spacial score (nSPS) is 12.1. The molecular formula is C9H11N3O. The summed E-state index contributed by atoms with van der Waals surface area (Å²) in [5.74, 6) is 0. The van der Waals surface area contributed by atoms with Gasteiger partial charge in [0, 0.05) is 7.11 Å². The molecule has 0 aromatic carbocycles. The Morgan fingerprint density at radius 1 is 1.69 bits per heavy atom. The minimum atomic E-state index is -0.265. The van der Waals surface area contributed by atoms with Gasteiger partial charge in [-0.2, -0.15) is 5.26 Å². The number of rotatable bonds is 3. The molecule has 1 aromatic heterocycles. The number of methoxy groups -OCH3 is 1. The molecule has 4 heteroatoms. The Morgan fingerprint density at radius 3 is 3.08 bits per heavy atom. The van der Waals surface area contributed by atoms with E-state index in [-0.39, 0.29) is 6.04 Å². The van der Waals surface area contributed by atoms with Crippen molar-refractivity contribution in [1.29, 1.82) is 5.26 Å². The fourth-order valence-corrected chi connectivity index (χ4v) is 0.985. The summed E-state index contributed by atoms with van der Waals surface area (Å²) in [5, 5.41) is 8.59. The molecule has 1 atom stereocenters. The van der Waals surface area contributed by atoms with Crippen molar-refractivity contribution < 1.29 is 4.74 Å². The molecule has 1 rings (SSSR count). The predicted octanol–water partition coefficient (Wildman–Crippen LogP) is 0.599. The summed E-state index contributed by atoms with van der Waals surface area (Å²) in [6.45, 7) is 0.405. The predicted molar refractivity (Wildman–Crippen MR) is 47.8 cm³/mol. The highest BCUT2D eigenvalue weighted by atomic mass is 16.5. The van der Waals surface area contributed by atoms with E-state index in [4.69, 9.17) is 15.7 Å². The van der Waals surface area contributed by atoms with Crippen molar-refractivity contribution in [3.8, 4) is 6.07 Å². The molecule has 0 aliphatic heterocycles. The number of nitriles is 1. The second-order valence-electron chi connectivity index (χ2n) is 2.62. The first kappa shape index (κ1) is 9.65.